The summed E-state index contributed by atoms with van der Waals surface area (Å²) in [4.78, 5) is 0. The average Bonchev–Trinajstić information content (AvgIpc) is 2.57. The SMILES string of the molecule is O=S1(=O)CC[C@H](NCc2ccc(Br)cc2F)C1. The topological polar surface area (TPSA) is 46.2 Å². The third-order valence-electron chi connectivity index (χ3n) is 2.83. The zero-order valence-electron chi connectivity index (χ0n) is 9.12. The molecular weight excluding hydrogens is 309 g/mol. The number of nitrogens with one attached hydrogen (secondary N) is 1. The summed E-state index contributed by atoms with van der Waals surface area (Å²) in [6.07, 6.45) is 0.612. The van der Waals surface area contributed by atoms with Crippen LogP contribution in [-0.4, -0.2) is 26.0 Å². The van der Waals surface area contributed by atoms with Crippen LogP contribution >= 0.6 is 15.9 Å². The van der Waals surface area contributed by atoms with Crippen molar-refractivity contribution in [2.24, 2.45) is 0 Å². The maximum atomic E-state index is 13.5. The van der Waals surface area contributed by atoms with Gasteiger partial charge in [-0.25, -0.2) is 12.8 Å². The van der Waals surface area contributed by atoms with Crippen molar-refractivity contribution in [3.8, 4) is 0 Å². The first-order valence-electron chi connectivity index (χ1n) is 5.34. The normalized spacial score (nSPS) is 22.8. The fraction of sp³-hybridized carbons (Fsp3) is 0.455. The summed E-state index contributed by atoms with van der Waals surface area (Å²) in [6.45, 7) is 0.360. The van der Waals surface area contributed by atoms with Gasteiger partial charge < -0.3 is 5.32 Å². The number of sulfone groups is 1. The van der Waals surface area contributed by atoms with Crippen molar-refractivity contribution in [3.63, 3.8) is 0 Å². The minimum Gasteiger partial charge on any atom is -0.309 e. The molecule has 0 radical (unpaired) electrons. The van der Waals surface area contributed by atoms with E-state index in [1.807, 2.05) is 0 Å². The van der Waals surface area contributed by atoms with Gasteiger partial charge in [-0.3, -0.25) is 0 Å². The quantitative estimate of drug-likeness (QED) is 0.924. The van der Waals surface area contributed by atoms with Crippen molar-refractivity contribution in [3.05, 3.63) is 34.1 Å². The molecule has 2 rings (SSSR count). The van der Waals surface area contributed by atoms with E-state index >= 15 is 0 Å². The molecule has 94 valence electrons. The summed E-state index contributed by atoms with van der Waals surface area (Å²) in [7, 11) is -2.88. The van der Waals surface area contributed by atoms with Gasteiger partial charge in [-0.15, -0.1) is 0 Å². The van der Waals surface area contributed by atoms with Gasteiger partial charge in [-0.05, 0) is 18.6 Å². The van der Waals surface area contributed by atoms with Crippen molar-refractivity contribution in [1.29, 1.82) is 0 Å². The molecule has 0 spiro atoms. The van der Waals surface area contributed by atoms with Gasteiger partial charge in [0.1, 0.15) is 5.82 Å². The minimum atomic E-state index is -2.88. The Balaban J connectivity index is 1.95. The molecule has 17 heavy (non-hydrogen) atoms. The van der Waals surface area contributed by atoms with Crippen LogP contribution < -0.4 is 5.32 Å². The Morgan fingerprint density at radius 1 is 1.47 bits per heavy atom. The lowest BCUT2D eigenvalue weighted by molar-refractivity contribution is 0.532. The molecule has 1 fully saturated rings. The van der Waals surface area contributed by atoms with Crippen molar-refractivity contribution < 1.29 is 12.8 Å². The fourth-order valence-corrected chi connectivity index (χ4v) is 3.92. The molecule has 0 unspecified atom stereocenters. The second-order valence-corrected chi connectivity index (χ2v) is 7.36. The Labute approximate surface area is 108 Å². The molecule has 1 saturated heterocycles. The van der Waals surface area contributed by atoms with E-state index in [0.29, 0.717) is 23.0 Å². The van der Waals surface area contributed by atoms with Crippen molar-refractivity contribution in [2.45, 2.75) is 19.0 Å². The molecule has 3 nitrogen and oxygen atoms in total. The van der Waals surface area contributed by atoms with Gasteiger partial charge in [0, 0.05) is 22.6 Å². The van der Waals surface area contributed by atoms with Crippen LogP contribution in [0.25, 0.3) is 0 Å². The molecule has 1 heterocycles. The summed E-state index contributed by atoms with van der Waals surface area (Å²) in [5.41, 5.74) is 0.553. The second kappa shape index (κ2) is 5.04. The van der Waals surface area contributed by atoms with Crippen LogP contribution in [0.4, 0.5) is 4.39 Å². The number of hydrogen-bond acceptors (Lipinski definition) is 3. The largest absolute Gasteiger partial charge is 0.309 e. The Morgan fingerprint density at radius 2 is 2.24 bits per heavy atom. The summed E-state index contributed by atoms with van der Waals surface area (Å²) in [5.74, 6) is 0.103. The Kier molecular flexibility index (Phi) is 3.85. The molecule has 1 aromatic carbocycles. The van der Waals surface area contributed by atoms with Crippen LogP contribution in [0.3, 0.4) is 0 Å². The Bertz CT molecular complexity index is 518. The van der Waals surface area contributed by atoms with E-state index in [1.165, 1.54) is 6.07 Å². The third-order valence-corrected chi connectivity index (χ3v) is 5.09. The van der Waals surface area contributed by atoms with Gasteiger partial charge in [-0.1, -0.05) is 22.0 Å². The highest BCUT2D eigenvalue weighted by molar-refractivity contribution is 9.10. The molecule has 1 aliphatic rings. The molecule has 0 amide bonds. The molecule has 0 aromatic heterocycles. The van der Waals surface area contributed by atoms with E-state index in [4.69, 9.17) is 0 Å². The maximum Gasteiger partial charge on any atom is 0.151 e. The van der Waals surface area contributed by atoms with Crippen LogP contribution in [0.1, 0.15) is 12.0 Å². The molecule has 0 aliphatic carbocycles. The van der Waals surface area contributed by atoms with E-state index in [2.05, 4.69) is 21.2 Å². The molecule has 0 saturated carbocycles. The standard InChI is InChI=1S/C11H13BrFNO2S/c12-9-2-1-8(11(13)5-9)6-14-10-3-4-17(15,16)7-10/h1-2,5,10,14H,3-4,6-7H2/t10-/m0/s1. The predicted octanol–water partition coefficient (Wildman–Crippen LogP) is 1.86. The van der Waals surface area contributed by atoms with Crippen LogP contribution in [0.5, 0.6) is 0 Å². The van der Waals surface area contributed by atoms with Gasteiger partial charge in [0.05, 0.1) is 11.5 Å². The first-order valence-corrected chi connectivity index (χ1v) is 7.95. The van der Waals surface area contributed by atoms with Crippen LogP contribution in [0.2, 0.25) is 0 Å². The van der Waals surface area contributed by atoms with Gasteiger partial charge in [-0.2, -0.15) is 0 Å². The van der Waals surface area contributed by atoms with E-state index in [9.17, 15) is 12.8 Å². The number of halogens is 2. The van der Waals surface area contributed by atoms with Crippen LogP contribution in [0, 0.1) is 5.82 Å². The van der Waals surface area contributed by atoms with E-state index in [1.54, 1.807) is 12.1 Å². The molecule has 1 N–H and O–H groups in total. The highest BCUT2D eigenvalue weighted by atomic mass is 79.9. The lowest BCUT2D eigenvalue weighted by atomic mass is 10.2. The van der Waals surface area contributed by atoms with Gasteiger partial charge in [0.25, 0.3) is 0 Å². The highest BCUT2D eigenvalue weighted by Crippen LogP contribution is 2.16. The molecule has 1 aliphatic heterocycles. The number of rotatable bonds is 3. The lowest BCUT2D eigenvalue weighted by Gasteiger charge is -2.11. The number of benzene rings is 1. The summed E-state index contributed by atoms with van der Waals surface area (Å²) >= 11 is 3.19. The zero-order chi connectivity index (χ0) is 12.5. The molecular formula is C11H13BrFNO2S. The highest BCUT2D eigenvalue weighted by Gasteiger charge is 2.27. The maximum absolute atomic E-state index is 13.5. The zero-order valence-corrected chi connectivity index (χ0v) is 11.5. The predicted molar refractivity (Wildman–Crippen MR) is 68.0 cm³/mol. The van der Waals surface area contributed by atoms with Gasteiger partial charge in [0.2, 0.25) is 0 Å². The molecule has 1 atom stereocenters. The fourth-order valence-electron chi connectivity index (χ4n) is 1.88. The minimum absolute atomic E-state index is 0.0527. The van der Waals surface area contributed by atoms with Crippen molar-refractivity contribution in [2.75, 3.05) is 11.5 Å². The first-order chi connectivity index (χ1) is 7.96. The van der Waals surface area contributed by atoms with Crippen LogP contribution in [-0.2, 0) is 16.4 Å². The van der Waals surface area contributed by atoms with Gasteiger partial charge in [0.15, 0.2) is 9.84 Å². The van der Waals surface area contributed by atoms with Crippen LogP contribution in [0.15, 0.2) is 22.7 Å². The lowest BCUT2D eigenvalue weighted by Crippen LogP contribution is -2.29. The Hall–Kier alpha value is -0.460. The summed E-state index contributed by atoms with van der Waals surface area (Å²) in [5, 5.41) is 3.08. The van der Waals surface area contributed by atoms with Crippen molar-refractivity contribution >= 4 is 25.8 Å². The average molecular weight is 322 g/mol. The molecule has 6 heteroatoms. The monoisotopic (exact) mass is 321 g/mol. The van der Waals surface area contributed by atoms with Gasteiger partial charge >= 0.3 is 0 Å². The molecule has 1 aromatic rings. The van der Waals surface area contributed by atoms with E-state index in [-0.39, 0.29) is 23.4 Å². The van der Waals surface area contributed by atoms with E-state index in [0.717, 1.165) is 0 Å². The second-order valence-electron chi connectivity index (χ2n) is 4.22. The summed E-state index contributed by atoms with van der Waals surface area (Å²) < 4.78 is 36.7. The molecule has 0 bridgehead atoms. The van der Waals surface area contributed by atoms with E-state index < -0.39 is 9.84 Å². The first kappa shape index (κ1) is 13.0. The van der Waals surface area contributed by atoms with Crippen molar-refractivity contribution in [1.82, 2.24) is 5.32 Å². The smallest absolute Gasteiger partial charge is 0.151 e. The third kappa shape index (κ3) is 3.50. The number of hydrogen-bond donors (Lipinski definition) is 1. The Morgan fingerprint density at radius 3 is 2.82 bits per heavy atom. The summed E-state index contributed by atoms with van der Waals surface area (Å²) in [6, 6.07) is 4.81.